The number of halogens is 1. The van der Waals surface area contributed by atoms with Crippen molar-refractivity contribution in [1.82, 2.24) is 9.97 Å². The number of nitrogens with one attached hydrogen (secondary N) is 1. The Kier molecular flexibility index (Phi) is 7.31. The molecule has 0 radical (unpaired) electrons. The van der Waals surface area contributed by atoms with Crippen LogP contribution in [-0.4, -0.2) is 28.5 Å². The van der Waals surface area contributed by atoms with E-state index in [9.17, 15) is 9.18 Å². The van der Waals surface area contributed by atoms with Crippen molar-refractivity contribution in [1.29, 1.82) is 0 Å². The average molecular weight is 478 g/mol. The zero-order valence-corrected chi connectivity index (χ0v) is 20.6. The highest BCUT2D eigenvalue weighted by atomic mass is 19.1. The first-order chi connectivity index (χ1) is 16.7. The minimum atomic E-state index is -0.695. The Morgan fingerprint density at radius 2 is 1.91 bits per heavy atom. The minimum absolute atomic E-state index is 0.0276. The van der Waals surface area contributed by atoms with E-state index in [4.69, 9.17) is 15.5 Å². The molecular weight excluding hydrogens is 445 g/mol. The molecule has 2 atom stereocenters. The number of carbonyl (C=O) groups excluding carboxylic acids is 1. The summed E-state index contributed by atoms with van der Waals surface area (Å²) in [4.78, 5) is 24.1. The molecule has 0 aliphatic carbocycles. The van der Waals surface area contributed by atoms with Crippen LogP contribution in [0.1, 0.15) is 49.2 Å². The van der Waals surface area contributed by atoms with Gasteiger partial charge in [0.15, 0.2) is 0 Å². The topological polar surface area (TPSA) is 93.4 Å². The highest BCUT2D eigenvalue weighted by Gasteiger charge is 2.29. The lowest BCUT2D eigenvalue weighted by Crippen LogP contribution is -2.38. The second-order valence-electron chi connectivity index (χ2n) is 9.26. The highest BCUT2D eigenvalue weighted by Crippen LogP contribution is 2.36. The summed E-state index contributed by atoms with van der Waals surface area (Å²) in [6.45, 7) is 8.57. The molecule has 7 nitrogen and oxygen atoms in total. The lowest BCUT2D eigenvalue weighted by Gasteiger charge is -2.37. The van der Waals surface area contributed by atoms with Crippen LogP contribution < -0.4 is 16.0 Å². The maximum atomic E-state index is 13.4. The van der Waals surface area contributed by atoms with Gasteiger partial charge >= 0.3 is 5.97 Å². The molecule has 3 aromatic rings. The number of nitrogens with two attached hydrogens (primary N) is 1. The molecule has 35 heavy (non-hydrogen) atoms. The van der Waals surface area contributed by atoms with Crippen LogP contribution in [0, 0.1) is 18.7 Å². The first-order valence-electron chi connectivity index (χ1n) is 11.9. The number of hydrogen-bond acceptors (Lipinski definition) is 7. The van der Waals surface area contributed by atoms with Gasteiger partial charge < -0.3 is 20.7 Å². The molecule has 0 saturated heterocycles. The summed E-state index contributed by atoms with van der Waals surface area (Å²) in [6.07, 6.45) is 0.877. The van der Waals surface area contributed by atoms with Crippen LogP contribution >= 0.6 is 0 Å². The van der Waals surface area contributed by atoms with E-state index >= 15 is 0 Å². The maximum absolute atomic E-state index is 13.4. The van der Waals surface area contributed by atoms with Crippen LogP contribution in [0.3, 0.4) is 0 Å². The Morgan fingerprint density at radius 3 is 2.63 bits per heavy atom. The number of ether oxygens (including phenoxy) is 1. The number of carbonyl (C=O) groups is 1. The van der Waals surface area contributed by atoms with Crippen molar-refractivity contribution in [3.63, 3.8) is 0 Å². The lowest BCUT2D eigenvalue weighted by atomic mass is 9.93. The van der Waals surface area contributed by atoms with E-state index in [1.165, 1.54) is 23.3 Å². The highest BCUT2D eigenvalue weighted by molar-refractivity contribution is 5.76. The van der Waals surface area contributed by atoms with E-state index in [0.29, 0.717) is 23.1 Å². The number of nitrogens with zero attached hydrogens (tertiary/aromatic N) is 3. The fraction of sp³-hybridized carbons (Fsp3) is 0.370. The van der Waals surface area contributed by atoms with Gasteiger partial charge in [0, 0.05) is 12.2 Å². The first kappa shape index (κ1) is 24.6. The summed E-state index contributed by atoms with van der Waals surface area (Å²) >= 11 is 0. The summed E-state index contributed by atoms with van der Waals surface area (Å²) in [5, 5.41) is 3.17. The summed E-state index contributed by atoms with van der Waals surface area (Å²) in [5.41, 5.74) is 10.7. The summed E-state index contributed by atoms with van der Waals surface area (Å²) < 4.78 is 19.0. The quantitative estimate of drug-likeness (QED) is 0.471. The Morgan fingerprint density at radius 1 is 1.20 bits per heavy atom. The van der Waals surface area contributed by atoms with E-state index < -0.39 is 12.0 Å². The fourth-order valence-electron chi connectivity index (χ4n) is 4.28. The molecule has 2 aromatic carbocycles. The molecule has 0 bridgehead atoms. The number of aromatic nitrogens is 2. The number of benzene rings is 2. The van der Waals surface area contributed by atoms with Crippen LogP contribution in [0.4, 0.5) is 21.8 Å². The normalized spacial score (nSPS) is 16.1. The molecule has 3 N–H and O–H groups in total. The van der Waals surface area contributed by atoms with Gasteiger partial charge in [-0.25, -0.2) is 9.37 Å². The van der Waals surface area contributed by atoms with E-state index in [0.717, 1.165) is 18.5 Å². The standard InChI is InChI=1S/C27H32FN5O2/c1-16(2)24(29)26(34)35-15-23-17(3)30-27(31-21-11-9-20(28)10-12-21)32-25(23)33-14-13-19-7-5-6-8-22(19)18(33)4/h5-12,16,18,24H,13-15,29H2,1-4H3,(H,30,31,32). The fourth-order valence-corrected chi connectivity index (χ4v) is 4.28. The number of anilines is 3. The van der Waals surface area contributed by atoms with Gasteiger partial charge in [0.2, 0.25) is 5.95 Å². The number of hydrogen-bond donors (Lipinski definition) is 2. The van der Waals surface area contributed by atoms with Gasteiger partial charge in [-0.3, -0.25) is 4.79 Å². The molecule has 1 aromatic heterocycles. The second kappa shape index (κ2) is 10.4. The van der Waals surface area contributed by atoms with Crippen LogP contribution in [0.5, 0.6) is 0 Å². The maximum Gasteiger partial charge on any atom is 0.323 e. The van der Waals surface area contributed by atoms with Crippen LogP contribution in [0.2, 0.25) is 0 Å². The van der Waals surface area contributed by atoms with Gasteiger partial charge in [-0.2, -0.15) is 4.98 Å². The summed E-state index contributed by atoms with van der Waals surface area (Å²) in [7, 11) is 0. The summed E-state index contributed by atoms with van der Waals surface area (Å²) in [6, 6.07) is 13.8. The van der Waals surface area contributed by atoms with Crippen LogP contribution in [-0.2, 0) is 22.6 Å². The molecule has 2 heterocycles. The first-order valence-corrected chi connectivity index (χ1v) is 11.9. The number of esters is 1. The second-order valence-corrected chi connectivity index (χ2v) is 9.26. The Bertz CT molecular complexity index is 1200. The van der Waals surface area contributed by atoms with E-state index in [-0.39, 0.29) is 24.4 Å². The molecule has 2 unspecified atom stereocenters. The van der Waals surface area contributed by atoms with Crippen molar-refractivity contribution in [3.05, 3.63) is 76.7 Å². The molecule has 0 spiro atoms. The molecule has 8 heteroatoms. The molecule has 184 valence electrons. The Balaban J connectivity index is 1.69. The number of aryl methyl sites for hydroxylation is 1. The molecule has 4 rings (SSSR count). The van der Waals surface area contributed by atoms with Gasteiger partial charge in [-0.15, -0.1) is 0 Å². The monoisotopic (exact) mass is 477 g/mol. The van der Waals surface area contributed by atoms with Gasteiger partial charge in [0.05, 0.1) is 17.3 Å². The molecule has 0 amide bonds. The predicted octanol–water partition coefficient (Wildman–Crippen LogP) is 4.82. The van der Waals surface area contributed by atoms with Crippen LogP contribution in [0.25, 0.3) is 0 Å². The predicted molar refractivity (Wildman–Crippen MR) is 135 cm³/mol. The van der Waals surface area contributed by atoms with Crippen molar-refractivity contribution in [3.8, 4) is 0 Å². The van der Waals surface area contributed by atoms with E-state index in [2.05, 4.69) is 40.3 Å². The summed E-state index contributed by atoms with van der Waals surface area (Å²) in [5.74, 6) is 0.307. The largest absolute Gasteiger partial charge is 0.459 e. The Labute approximate surface area is 205 Å². The molecule has 1 aliphatic rings. The average Bonchev–Trinajstić information content (AvgIpc) is 2.84. The third-order valence-electron chi connectivity index (χ3n) is 6.51. The van der Waals surface area contributed by atoms with E-state index in [1.807, 2.05) is 26.8 Å². The number of rotatable bonds is 7. The Hall–Kier alpha value is -3.52. The molecule has 0 saturated carbocycles. The zero-order valence-electron chi connectivity index (χ0n) is 20.6. The van der Waals surface area contributed by atoms with Gasteiger partial charge in [-0.05, 0) is 61.6 Å². The van der Waals surface area contributed by atoms with E-state index in [1.54, 1.807) is 12.1 Å². The van der Waals surface area contributed by atoms with Crippen molar-refractivity contribution in [2.75, 3.05) is 16.8 Å². The smallest absolute Gasteiger partial charge is 0.323 e. The lowest BCUT2D eigenvalue weighted by molar-refractivity contribution is -0.147. The van der Waals surface area contributed by atoms with Crippen molar-refractivity contribution < 1.29 is 13.9 Å². The number of fused-ring (bicyclic) bond motifs is 1. The third kappa shape index (κ3) is 5.43. The van der Waals surface area contributed by atoms with Gasteiger partial charge in [-0.1, -0.05) is 38.1 Å². The van der Waals surface area contributed by atoms with Crippen molar-refractivity contribution in [2.45, 2.75) is 52.8 Å². The SMILES string of the molecule is Cc1nc(Nc2ccc(F)cc2)nc(N2CCc3ccccc3C2C)c1COC(=O)C(N)C(C)C. The van der Waals surface area contributed by atoms with Crippen LogP contribution in [0.15, 0.2) is 48.5 Å². The zero-order chi connectivity index (χ0) is 25.1. The van der Waals surface area contributed by atoms with Crippen molar-refractivity contribution in [2.24, 2.45) is 11.7 Å². The van der Waals surface area contributed by atoms with Crippen molar-refractivity contribution >= 4 is 23.4 Å². The molecule has 1 aliphatic heterocycles. The third-order valence-corrected chi connectivity index (χ3v) is 6.51. The molecule has 0 fully saturated rings. The minimum Gasteiger partial charge on any atom is -0.459 e. The molecular formula is C27H32FN5O2. The van der Waals surface area contributed by atoms with Gasteiger partial charge in [0.25, 0.3) is 0 Å². The van der Waals surface area contributed by atoms with Gasteiger partial charge in [0.1, 0.15) is 24.3 Å².